The SMILES string of the molecule is CC[C@@H](C(=O)Nc1ccc2nn(C(F)F)cc2c1)n1cc2c(cc1=O)-c1cc(Cl)ccc1C[C@@H](C(F)(F)F)CO2. The van der Waals surface area contributed by atoms with Gasteiger partial charge >= 0.3 is 12.7 Å². The Kier molecular flexibility index (Phi) is 7.30. The van der Waals surface area contributed by atoms with Crippen molar-refractivity contribution in [1.29, 1.82) is 0 Å². The van der Waals surface area contributed by atoms with Crippen LogP contribution in [0.4, 0.5) is 27.6 Å². The van der Waals surface area contributed by atoms with E-state index in [1.54, 1.807) is 6.92 Å². The summed E-state index contributed by atoms with van der Waals surface area (Å²) in [6, 6.07) is 9.07. The predicted octanol–water partition coefficient (Wildman–Crippen LogP) is 6.62. The highest BCUT2D eigenvalue weighted by molar-refractivity contribution is 6.30. The molecule has 0 saturated carbocycles. The number of ether oxygens (including phenoxy) is 1. The van der Waals surface area contributed by atoms with E-state index < -0.39 is 42.8 Å². The van der Waals surface area contributed by atoms with Crippen LogP contribution in [0.1, 0.15) is 31.5 Å². The zero-order chi connectivity index (χ0) is 28.8. The zero-order valence-electron chi connectivity index (χ0n) is 20.9. The van der Waals surface area contributed by atoms with E-state index in [9.17, 15) is 31.5 Å². The molecule has 0 unspecified atom stereocenters. The smallest absolute Gasteiger partial charge is 0.395 e. The van der Waals surface area contributed by atoms with Gasteiger partial charge in [-0.15, -0.1) is 0 Å². The van der Waals surface area contributed by atoms with Crippen molar-refractivity contribution in [3.8, 4) is 16.9 Å². The minimum absolute atomic E-state index is 0.00384. The molecule has 2 aromatic carbocycles. The van der Waals surface area contributed by atoms with Gasteiger partial charge in [-0.05, 0) is 54.3 Å². The molecular formula is C27H22ClF5N4O3. The number of rotatable bonds is 5. The van der Waals surface area contributed by atoms with E-state index >= 15 is 0 Å². The van der Waals surface area contributed by atoms with Crippen molar-refractivity contribution < 1.29 is 31.5 Å². The van der Waals surface area contributed by atoms with E-state index in [0.717, 1.165) is 10.8 Å². The standard InChI is InChI=1S/C27H22ClF5N4O3/c1-2-22(25(39)34-18-5-6-21-15(8-18)11-37(35-21)26(29)30)36-12-23-20(10-24(36)38)19-9-17(28)4-3-14(19)7-16(13-40-23)27(31,32)33/h3-6,8-12,16,22,26H,2,7,13H2,1H3,(H,34,39)/t16-,22+/m1/s1. The lowest BCUT2D eigenvalue weighted by molar-refractivity contribution is -0.181. The Hall–Kier alpha value is -3.93. The van der Waals surface area contributed by atoms with Gasteiger partial charge in [0.15, 0.2) is 0 Å². The Morgan fingerprint density at radius 1 is 1.15 bits per heavy atom. The number of nitrogens with one attached hydrogen (secondary N) is 1. The fourth-order valence-electron chi connectivity index (χ4n) is 4.76. The van der Waals surface area contributed by atoms with Crippen LogP contribution in [0.3, 0.4) is 0 Å². The van der Waals surface area contributed by atoms with Crippen LogP contribution in [0, 0.1) is 5.92 Å². The molecule has 7 nitrogen and oxygen atoms in total. The predicted molar refractivity (Wildman–Crippen MR) is 139 cm³/mol. The van der Waals surface area contributed by atoms with Crippen LogP contribution in [-0.4, -0.2) is 33.0 Å². The van der Waals surface area contributed by atoms with Crippen molar-refractivity contribution in [2.45, 2.75) is 38.5 Å². The summed E-state index contributed by atoms with van der Waals surface area (Å²) in [6.45, 7) is -1.83. The first kappa shape index (κ1) is 27.6. The van der Waals surface area contributed by atoms with Crippen molar-refractivity contribution in [3.05, 3.63) is 75.8 Å². The monoisotopic (exact) mass is 580 g/mol. The number of hydrogen-bond donors (Lipinski definition) is 1. The van der Waals surface area contributed by atoms with Crippen LogP contribution in [0.25, 0.3) is 22.0 Å². The molecule has 1 amide bonds. The van der Waals surface area contributed by atoms with Gasteiger partial charge in [0.25, 0.3) is 5.56 Å². The minimum Gasteiger partial charge on any atom is -0.491 e. The Morgan fingerprint density at radius 2 is 1.93 bits per heavy atom. The first-order valence-electron chi connectivity index (χ1n) is 12.3. The first-order chi connectivity index (χ1) is 18.9. The highest BCUT2D eigenvalue weighted by Crippen LogP contribution is 2.40. The normalized spacial score (nSPS) is 16.1. The second-order valence-electron chi connectivity index (χ2n) is 9.43. The van der Waals surface area contributed by atoms with E-state index in [-0.39, 0.29) is 34.9 Å². The molecule has 0 bridgehead atoms. The van der Waals surface area contributed by atoms with Crippen molar-refractivity contribution in [2.75, 3.05) is 11.9 Å². The van der Waals surface area contributed by atoms with Crippen LogP contribution >= 0.6 is 11.6 Å². The largest absolute Gasteiger partial charge is 0.491 e. The molecule has 1 aliphatic rings. The minimum atomic E-state index is -4.53. The van der Waals surface area contributed by atoms with Crippen LogP contribution in [0.5, 0.6) is 5.75 Å². The van der Waals surface area contributed by atoms with Gasteiger partial charge < -0.3 is 10.1 Å². The molecule has 2 atom stereocenters. The number of anilines is 1. The van der Waals surface area contributed by atoms with Gasteiger partial charge in [0.1, 0.15) is 18.4 Å². The number of alkyl halides is 5. The molecular weight excluding hydrogens is 559 g/mol. The molecule has 2 aromatic heterocycles. The molecule has 1 aliphatic heterocycles. The van der Waals surface area contributed by atoms with E-state index in [0.29, 0.717) is 26.7 Å². The maximum atomic E-state index is 13.7. The van der Waals surface area contributed by atoms with Gasteiger partial charge in [-0.1, -0.05) is 24.6 Å². The highest BCUT2D eigenvalue weighted by Gasteiger charge is 2.41. The van der Waals surface area contributed by atoms with Crippen molar-refractivity contribution in [2.24, 2.45) is 5.92 Å². The third-order valence-corrected chi connectivity index (χ3v) is 7.03. The number of carbonyl (C=O) groups is 1. The average molecular weight is 581 g/mol. The van der Waals surface area contributed by atoms with Crippen LogP contribution in [0.15, 0.2) is 59.7 Å². The Bertz CT molecular complexity index is 1650. The molecule has 0 radical (unpaired) electrons. The van der Waals surface area contributed by atoms with Gasteiger partial charge in [0, 0.05) is 33.9 Å². The molecule has 0 aliphatic carbocycles. The average Bonchev–Trinajstić information content (AvgIpc) is 3.31. The lowest BCUT2D eigenvalue weighted by atomic mass is 9.91. The maximum absolute atomic E-state index is 13.7. The molecule has 4 aromatic rings. The number of carbonyl (C=O) groups excluding carboxylic acids is 1. The highest BCUT2D eigenvalue weighted by atomic mass is 35.5. The summed E-state index contributed by atoms with van der Waals surface area (Å²) < 4.78 is 74.3. The zero-order valence-corrected chi connectivity index (χ0v) is 21.6. The van der Waals surface area contributed by atoms with Gasteiger partial charge in [0.2, 0.25) is 5.91 Å². The fourth-order valence-corrected chi connectivity index (χ4v) is 4.93. The number of halogens is 6. The summed E-state index contributed by atoms with van der Waals surface area (Å²) >= 11 is 6.14. The van der Waals surface area contributed by atoms with Crippen LogP contribution in [-0.2, 0) is 11.2 Å². The second kappa shape index (κ2) is 10.6. The molecule has 210 valence electrons. The van der Waals surface area contributed by atoms with E-state index in [4.69, 9.17) is 16.3 Å². The molecule has 40 heavy (non-hydrogen) atoms. The van der Waals surface area contributed by atoms with Crippen molar-refractivity contribution in [1.82, 2.24) is 14.3 Å². The molecule has 13 heteroatoms. The molecule has 0 fully saturated rings. The number of benzene rings is 2. The number of nitrogens with zero attached hydrogens (tertiary/aromatic N) is 3. The number of hydrogen-bond acceptors (Lipinski definition) is 4. The first-order valence-corrected chi connectivity index (χ1v) is 12.6. The van der Waals surface area contributed by atoms with E-state index in [1.165, 1.54) is 48.7 Å². The Morgan fingerprint density at radius 3 is 2.62 bits per heavy atom. The molecule has 1 N–H and O–H groups in total. The molecule has 5 rings (SSSR count). The Balaban J connectivity index is 1.50. The Labute approximate surface area is 229 Å². The number of fused-ring (bicyclic) bond motifs is 4. The van der Waals surface area contributed by atoms with Gasteiger partial charge in [0.05, 0.1) is 17.6 Å². The number of pyridine rings is 1. The molecule has 0 spiro atoms. The van der Waals surface area contributed by atoms with Crippen molar-refractivity contribution in [3.63, 3.8) is 0 Å². The summed E-state index contributed by atoms with van der Waals surface area (Å²) in [6.07, 6.45) is -2.34. The summed E-state index contributed by atoms with van der Waals surface area (Å²) in [5, 5.41) is 7.08. The lowest BCUT2D eigenvalue weighted by Gasteiger charge is -2.27. The summed E-state index contributed by atoms with van der Waals surface area (Å²) in [4.78, 5) is 26.5. The molecule has 0 saturated heterocycles. The van der Waals surface area contributed by atoms with E-state index in [2.05, 4.69) is 10.4 Å². The fraction of sp³-hybridized carbons (Fsp3) is 0.296. The lowest BCUT2D eigenvalue weighted by Crippen LogP contribution is -2.34. The number of aromatic nitrogens is 3. The molecule has 3 heterocycles. The quantitative estimate of drug-likeness (QED) is 0.269. The van der Waals surface area contributed by atoms with Crippen LogP contribution < -0.4 is 15.6 Å². The summed E-state index contributed by atoms with van der Waals surface area (Å²) in [5.74, 6) is -2.38. The second-order valence-corrected chi connectivity index (χ2v) is 9.86. The van der Waals surface area contributed by atoms with Gasteiger partial charge in [-0.3, -0.25) is 14.2 Å². The summed E-state index contributed by atoms with van der Waals surface area (Å²) in [7, 11) is 0. The van der Waals surface area contributed by atoms with Crippen LogP contribution in [0.2, 0.25) is 5.02 Å². The van der Waals surface area contributed by atoms with Crippen molar-refractivity contribution >= 4 is 34.1 Å². The third kappa shape index (κ3) is 5.40. The summed E-state index contributed by atoms with van der Waals surface area (Å²) in [5.41, 5.74) is 1.00. The third-order valence-electron chi connectivity index (χ3n) is 6.79. The topological polar surface area (TPSA) is 78.2 Å². The van der Waals surface area contributed by atoms with Gasteiger partial charge in [-0.2, -0.15) is 27.1 Å². The van der Waals surface area contributed by atoms with E-state index in [1.807, 2.05) is 0 Å². The maximum Gasteiger partial charge on any atom is 0.395 e. The van der Waals surface area contributed by atoms with Gasteiger partial charge in [-0.25, -0.2) is 4.68 Å². The number of amides is 1.